The van der Waals surface area contributed by atoms with Crippen LogP contribution in [0.5, 0.6) is 0 Å². The molecule has 3 heterocycles. The van der Waals surface area contributed by atoms with Gasteiger partial charge in [0, 0.05) is 57.2 Å². The maximum atomic E-state index is 12.9. The Labute approximate surface area is 208 Å². The number of nitrogens with zero attached hydrogens (tertiary/aromatic N) is 4. The molecule has 2 amide bonds. The van der Waals surface area contributed by atoms with Crippen LogP contribution in [0.1, 0.15) is 84.8 Å². The van der Waals surface area contributed by atoms with E-state index in [1.54, 1.807) is 16.5 Å². The molecule has 8 nitrogen and oxygen atoms in total. The van der Waals surface area contributed by atoms with Gasteiger partial charge in [0.25, 0.3) is 0 Å². The molecule has 2 aliphatic rings. The Bertz CT molecular complexity index is 1170. The fourth-order valence-electron chi connectivity index (χ4n) is 5.55. The van der Waals surface area contributed by atoms with Crippen molar-refractivity contribution < 1.29 is 9.59 Å². The molecular formula is C27H41N5O3. The molecule has 2 aromatic rings. The van der Waals surface area contributed by atoms with E-state index in [0.29, 0.717) is 25.9 Å². The molecule has 2 unspecified atom stereocenters. The summed E-state index contributed by atoms with van der Waals surface area (Å²) in [6, 6.07) is 4.13. The molecule has 0 bridgehead atoms. The lowest BCUT2D eigenvalue weighted by molar-refractivity contribution is -0.128. The van der Waals surface area contributed by atoms with Crippen LogP contribution in [0.25, 0.3) is 11.2 Å². The number of likely N-dealkylation sites (tertiary alicyclic amines) is 1. The fourth-order valence-corrected chi connectivity index (χ4v) is 5.55. The first-order valence-electron chi connectivity index (χ1n) is 13.0. The largest absolute Gasteiger partial charge is 0.353 e. The van der Waals surface area contributed by atoms with E-state index in [1.807, 2.05) is 10.6 Å². The molecule has 0 spiro atoms. The third-order valence-corrected chi connectivity index (χ3v) is 7.77. The Kier molecular flexibility index (Phi) is 6.86. The summed E-state index contributed by atoms with van der Waals surface area (Å²) in [5, 5.41) is 3.27. The average Bonchev–Trinajstić information content (AvgIpc) is 3.29. The number of hydrogen-bond acceptors (Lipinski definition) is 4. The third kappa shape index (κ3) is 5.46. The summed E-state index contributed by atoms with van der Waals surface area (Å²) in [4.78, 5) is 44.3. The third-order valence-electron chi connectivity index (χ3n) is 7.77. The molecule has 1 N–H and O–H groups in total. The molecule has 1 aliphatic carbocycles. The van der Waals surface area contributed by atoms with Crippen molar-refractivity contribution in [2.45, 2.75) is 91.6 Å². The van der Waals surface area contributed by atoms with E-state index < -0.39 is 0 Å². The first-order valence-corrected chi connectivity index (χ1v) is 13.0. The van der Waals surface area contributed by atoms with Gasteiger partial charge >= 0.3 is 5.69 Å². The van der Waals surface area contributed by atoms with Crippen LogP contribution in [0, 0.1) is 10.8 Å². The van der Waals surface area contributed by atoms with Crippen LogP contribution < -0.4 is 11.0 Å². The van der Waals surface area contributed by atoms with Gasteiger partial charge < -0.3 is 10.2 Å². The van der Waals surface area contributed by atoms with Crippen LogP contribution in [0.15, 0.2) is 16.9 Å². The average molecular weight is 484 g/mol. The molecule has 1 saturated carbocycles. The lowest BCUT2D eigenvalue weighted by Gasteiger charge is -2.42. The molecule has 2 fully saturated rings. The van der Waals surface area contributed by atoms with E-state index in [0.717, 1.165) is 49.1 Å². The summed E-state index contributed by atoms with van der Waals surface area (Å²) in [6.45, 7) is 12.7. The van der Waals surface area contributed by atoms with Gasteiger partial charge in [0.1, 0.15) is 0 Å². The van der Waals surface area contributed by atoms with Gasteiger partial charge in [-0.3, -0.25) is 18.7 Å². The summed E-state index contributed by atoms with van der Waals surface area (Å²) in [6.07, 6.45) is 4.63. The van der Waals surface area contributed by atoms with Crippen molar-refractivity contribution in [1.82, 2.24) is 24.3 Å². The highest BCUT2D eigenvalue weighted by Gasteiger charge is 2.38. The van der Waals surface area contributed by atoms with Crippen LogP contribution in [0.4, 0.5) is 0 Å². The Balaban J connectivity index is 1.49. The highest BCUT2D eigenvalue weighted by molar-refractivity contribution is 5.80. The second-order valence-corrected chi connectivity index (χ2v) is 12.4. The Morgan fingerprint density at radius 3 is 2.63 bits per heavy atom. The van der Waals surface area contributed by atoms with Crippen LogP contribution >= 0.6 is 0 Å². The Hall–Kier alpha value is -2.64. The number of hydrogen-bond donors (Lipinski definition) is 1. The number of nitrogens with one attached hydrogen (secondary N) is 1. The first-order chi connectivity index (χ1) is 16.4. The standard InChI is InChI=1S/C27H41N5O3/c1-26(2,3)17-32-20-10-9-19(28-24(20)30(6)25(32)35)18-11-13-27(4,5)21(16-18)29-22(33)12-15-31-14-7-8-23(31)34/h9-10,18,21H,7-8,11-17H2,1-6H3,(H,29,33). The molecule has 8 heteroatoms. The van der Waals surface area contributed by atoms with Crippen molar-refractivity contribution in [3.8, 4) is 0 Å². The number of carbonyl (C=O) groups is 2. The molecular weight excluding hydrogens is 442 g/mol. The Morgan fingerprint density at radius 1 is 1.23 bits per heavy atom. The molecule has 0 radical (unpaired) electrons. The maximum absolute atomic E-state index is 12.9. The summed E-state index contributed by atoms with van der Waals surface area (Å²) >= 11 is 0. The van der Waals surface area contributed by atoms with Crippen LogP contribution in [0.3, 0.4) is 0 Å². The maximum Gasteiger partial charge on any atom is 0.330 e. The lowest BCUT2D eigenvalue weighted by atomic mass is 9.68. The molecule has 35 heavy (non-hydrogen) atoms. The van der Waals surface area contributed by atoms with Gasteiger partial charge in [0.2, 0.25) is 11.8 Å². The number of rotatable bonds is 6. The second kappa shape index (κ2) is 9.43. The van der Waals surface area contributed by atoms with Crippen LogP contribution in [-0.4, -0.2) is 50.0 Å². The molecule has 1 saturated heterocycles. The van der Waals surface area contributed by atoms with Crippen molar-refractivity contribution in [1.29, 1.82) is 0 Å². The van der Waals surface area contributed by atoms with Crippen LogP contribution in [0.2, 0.25) is 0 Å². The van der Waals surface area contributed by atoms with Gasteiger partial charge in [-0.05, 0) is 48.6 Å². The number of pyridine rings is 1. The van der Waals surface area contributed by atoms with Crippen molar-refractivity contribution in [3.63, 3.8) is 0 Å². The first kappa shape index (κ1) is 25.5. The topological polar surface area (TPSA) is 89.2 Å². The minimum atomic E-state index is -0.0361. The van der Waals surface area contributed by atoms with E-state index >= 15 is 0 Å². The molecule has 4 rings (SSSR count). The summed E-state index contributed by atoms with van der Waals surface area (Å²) in [7, 11) is 1.79. The van der Waals surface area contributed by atoms with Gasteiger partial charge in [-0.25, -0.2) is 9.78 Å². The molecule has 2 aromatic heterocycles. The lowest BCUT2D eigenvalue weighted by Crippen LogP contribution is -2.49. The minimum absolute atomic E-state index is 0.00786. The zero-order valence-corrected chi connectivity index (χ0v) is 22.2. The number of imidazole rings is 1. The summed E-state index contributed by atoms with van der Waals surface area (Å²) in [5.74, 6) is 0.385. The molecule has 1 aliphatic heterocycles. The van der Waals surface area contributed by atoms with Gasteiger partial charge in [0.05, 0.1) is 5.52 Å². The van der Waals surface area contributed by atoms with E-state index in [2.05, 4.69) is 46.0 Å². The number of fused-ring (bicyclic) bond motifs is 1. The monoisotopic (exact) mass is 483 g/mol. The highest BCUT2D eigenvalue weighted by atomic mass is 16.2. The van der Waals surface area contributed by atoms with Crippen LogP contribution in [-0.2, 0) is 23.2 Å². The van der Waals surface area contributed by atoms with E-state index in [-0.39, 0.29) is 40.3 Å². The van der Waals surface area contributed by atoms with Crippen molar-refractivity contribution in [3.05, 3.63) is 28.3 Å². The van der Waals surface area contributed by atoms with Gasteiger partial charge in [-0.2, -0.15) is 0 Å². The fraction of sp³-hybridized carbons (Fsp3) is 0.704. The molecule has 2 atom stereocenters. The van der Waals surface area contributed by atoms with E-state index in [4.69, 9.17) is 4.98 Å². The van der Waals surface area contributed by atoms with Gasteiger partial charge in [-0.1, -0.05) is 34.6 Å². The summed E-state index contributed by atoms with van der Waals surface area (Å²) < 4.78 is 3.47. The number of aromatic nitrogens is 3. The number of carbonyl (C=O) groups excluding carboxylic acids is 2. The summed E-state index contributed by atoms with van der Waals surface area (Å²) in [5.41, 5.74) is 2.51. The predicted octanol–water partition coefficient (Wildman–Crippen LogP) is 3.57. The van der Waals surface area contributed by atoms with E-state index in [9.17, 15) is 14.4 Å². The zero-order valence-electron chi connectivity index (χ0n) is 22.2. The zero-order chi connectivity index (χ0) is 25.5. The molecule has 0 aromatic carbocycles. The highest BCUT2D eigenvalue weighted by Crippen LogP contribution is 2.42. The Morgan fingerprint density at radius 2 is 1.97 bits per heavy atom. The number of amides is 2. The minimum Gasteiger partial charge on any atom is -0.353 e. The predicted molar refractivity (Wildman–Crippen MR) is 137 cm³/mol. The quantitative estimate of drug-likeness (QED) is 0.680. The smallest absolute Gasteiger partial charge is 0.330 e. The van der Waals surface area contributed by atoms with Crippen molar-refractivity contribution >= 4 is 23.0 Å². The van der Waals surface area contributed by atoms with Crippen molar-refractivity contribution in [2.24, 2.45) is 17.9 Å². The second-order valence-electron chi connectivity index (χ2n) is 12.4. The van der Waals surface area contributed by atoms with Gasteiger partial charge in [-0.15, -0.1) is 0 Å². The number of aryl methyl sites for hydroxylation is 1. The van der Waals surface area contributed by atoms with Crippen molar-refractivity contribution in [2.75, 3.05) is 13.1 Å². The van der Waals surface area contributed by atoms with E-state index in [1.165, 1.54) is 0 Å². The normalized spacial score (nSPS) is 22.7. The van der Waals surface area contributed by atoms with Gasteiger partial charge in [0.15, 0.2) is 5.65 Å². The SMILES string of the molecule is Cn1c(=O)n(CC(C)(C)C)c2ccc(C3CCC(C)(C)C(NC(=O)CCN4CCCC4=O)C3)nc21. The molecule has 192 valence electrons.